The fraction of sp³-hybridized carbons (Fsp3) is 0. The number of nitrogens with zero attached hydrogens (tertiary/aromatic N) is 5. The lowest BCUT2D eigenvalue weighted by molar-refractivity contribution is 1.07. The molecule has 0 unspecified atom stereocenters. The van der Waals surface area contributed by atoms with E-state index in [-0.39, 0.29) is 0 Å². The van der Waals surface area contributed by atoms with Gasteiger partial charge in [0.25, 0.3) is 0 Å². The maximum absolute atomic E-state index is 4.64. The Hall–Kier alpha value is -4.38. The van der Waals surface area contributed by atoms with Crippen molar-refractivity contribution in [3.05, 3.63) is 103 Å². The summed E-state index contributed by atoms with van der Waals surface area (Å²) in [5.41, 5.74) is 4.66. The van der Waals surface area contributed by atoms with Gasteiger partial charge in [-0.1, -0.05) is 54.6 Å². The number of aromatic nitrogens is 5. The second-order valence-electron chi connectivity index (χ2n) is 7.28. The molecule has 6 rings (SSSR count). The molecule has 6 aromatic rings. The average Bonchev–Trinajstić information content (AvgIpc) is 3.28. The van der Waals surface area contributed by atoms with Crippen LogP contribution in [0, 0.1) is 0 Å². The molecule has 0 fully saturated rings. The second-order valence-corrected chi connectivity index (χ2v) is 7.28. The summed E-state index contributed by atoms with van der Waals surface area (Å²) in [5.74, 6) is 1.50. The molecule has 3 aromatic carbocycles. The fourth-order valence-corrected chi connectivity index (χ4v) is 4.02. The highest BCUT2D eigenvalue weighted by Gasteiger charge is 2.20. The van der Waals surface area contributed by atoms with Crippen molar-refractivity contribution in [1.82, 2.24) is 24.7 Å². The summed E-state index contributed by atoms with van der Waals surface area (Å²) in [7, 11) is 0. The van der Waals surface area contributed by atoms with Gasteiger partial charge in [-0.15, -0.1) is 10.2 Å². The van der Waals surface area contributed by atoms with Crippen LogP contribution in [-0.2, 0) is 0 Å². The van der Waals surface area contributed by atoms with Crippen LogP contribution in [0.4, 0.5) is 0 Å². The van der Waals surface area contributed by atoms with Crippen LogP contribution in [0.1, 0.15) is 0 Å². The van der Waals surface area contributed by atoms with Crippen LogP contribution >= 0.6 is 0 Å². The SMILES string of the molecule is c1ccc(-n2c(-c3cccc4cccnc34)nnc2-c2cccc3cccnc23)cc1. The van der Waals surface area contributed by atoms with E-state index < -0.39 is 0 Å². The van der Waals surface area contributed by atoms with Crippen LogP contribution in [0.15, 0.2) is 103 Å². The highest BCUT2D eigenvalue weighted by atomic mass is 15.3. The Bertz CT molecular complexity index is 1430. The van der Waals surface area contributed by atoms with E-state index in [1.165, 1.54) is 0 Å². The third kappa shape index (κ3) is 2.87. The summed E-state index contributed by atoms with van der Waals surface area (Å²) in [5, 5.41) is 11.4. The van der Waals surface area contributed by atoms with Gasteiger partial charge in [-0.2, -0.15) is 0 Å². The van der Waals surface area contributed by atoms with Crippen LogP contribution in [0.3, 0.4) is 0 Å². The summed E-state index contributed by atoms with van der Waals surface area (Å²) in [4.78, 5) is 9.26. The van der Waals surface area contributed by atoms with Crippen molar-refractivity contribution >= 4 is 21.8 Å². The van der Waals surface area contributed by atoms with Gasteiger partial charge >= 0.3 is 0 Å². The number of fused-ring (bicyclic) bond motifs is 2. The van der Waals surface area contributed by atoms with Gasteiger partial charge in [0.05, 0.1) is 11.0 Å². The predicted octanol–water partition coefficient (Wildman–Crippen LogP) is 5.70. The quantitative estimate of drug-likeness (QED) is 0.383. The molecule has 31 heavy (non-hydrogen) atoms. The van der Waals surface area contributed by atoms with E-state index >= 15 is 0 Å². The molecule has 5 heteroatoms. The molecule has 0 N–H and O–H groups in total. The van der Waals surface area contributed by atoms with E-state index in [0.717, 1.165) is 50.3 Å². The largest absolute Gasteiger partial charge is 0.275 e. The molecular weight excluding hydrogens is 382 g/mol. The number of benzene rings is 3. The van der Waals surface area contributed by atoms with Crippen LogP contribution in [0.5, 0.6) is 0 Å². The monoisotopic (exact) mass is 399 g/mol. The van der Waals surface area contributed by atoms with Crippen molar-refractivity contribution in [2.75, 3.05) is 0 Å². The minimum absolute atomic E-state index is 0.749. The maximum Gasteiger partial charge on any atom is 0.171 e. The lowest BCUT2D eigenvalue weighted by Gasteiger charge is -2.12. The topological polar surface area (TPSA) is 56.5 Å². The zero-order chi connectivity index (χ0) is 20.6. The van der Waals surface area contributed by atoms with Crippen molar-refractivity contribution in [2.24, 2.45) is 0 Å². The minimum Gasteiger partial charge on any atom is -0.275 e. The Morgan fingerprint density at radius 2 is 1.00 bits per heavy atom. The van der Waals surface area contributed by atoms with Crippen molar-refractivity contribution in [3.8, 4) is 28.5 Å². The van der Waals surface area contributed by atoms with E-state index in [2.05, 4.69) is 61.1 Å². The van der Waals surface area contributed by atoms with E-state index in [9.17, 15) is 0 Å². The highest BCUT2D eigenvalue weighted by Crippen LogP contribution is 2.33. The Balaban J connectivity index is 1.69. The van der Waals surface area contributed by atoms with E-state index in [1.54, 1.807) is 0 Å². The molecule has 0 aliphatic heterocycles. The molecule has 146 valence electrons. The first-order valence-electron chi connectivity index (χ1n) is 10.1. The highest BCUT2D eigenvalue weighted by molar-refractivity contribution is 5.95. The minimum atomic E-state index is 0.749. The zero-order valence-electron chi connectivity index (χ0n) is 16.6. The Labute approximate surface area is 178 Å². The molecule has 0 aliphatic rings. The van der Waals surface area contributed by atoms with Gasteiger partial charge in [0.2, 0.25) is 0 Å². The molecule has 0 saturated heterocycles. The molecule has 0 saturated carbocycles. The standard InChI is InChI=1S/C26H17N5/c1-2-12-20(13-3-1)31-25(21-14-4-8-18-10-6-16-27-23(18)21)29-30-26(31)22-15-5-9-19-11-7-17-28-24(19)22/h1-17H. The number of para-hydroxylation sites is 3. The van der Waals surface area contributed by atoms with Crippen LogP contribution in [0.25, 0.3) is 50.3 Å². The van der Waals surface area contributed by atoms with Gasteiger partial charge in [0, 0.05) is 40.0 Å². The molecule has 0 amide bonds. The third-order valence-electron chi connectivity index (χ3n) is 5.42. The average molecular weight is 399 g/mol. The van der Waals surface area contributed by atoms with Crippen molar-refractivity contribution in [1.29, 1.82) is 0 Å². The molecule has 0 radical (unpaired) electrons. The van der Waals surface area contributed by atoms with E-state index in [4.69, 9.17) is 0 Å². The summed E-state index contributed by atoms with van der Waals surface area (Å²) in [6, 6.07) is 30.5. The summed E-state index contributed by atoms with van der Waals surface area (Å²) >= 11 is 0. The fourth-order valence-electron chi connectivity index (χ4n) is 4.02. The van der Waals surface area contributed by atoms with Crippen molar-refractivity contribution in [3.63, 3.8) is 0 Å². The molecular formula is C26H17N5. The molecule has 0 bridgehead atoms. The first-order chi connectivity index (χ1) is 15.4. The van der Waals surface area contributed by atoms with Gasteiger partial charge in [-0.3, -0.25) is 14.5 Å². The molecule has 0 spiro atoms. The molecule has 0 atom stereocenters. The Morgan fingerprint density at radius 3 is 1.55 bits per heavy atom. The van der Waals surface area contributed by atoms with E-state index in [0.29, 0.717) is 0 Å². The second kappa shape index (κ2) is 7.15. The van der Waals surface area contributed by atoms with Crippen molar-refractivity contribution in [2.45, 2.75) is 0 Å². The summed E-state index contributed by atoms with van der Waals surface area (Å²) < 4.78 is 2.09. The van der Waals surface area contributed by atoms with Gasteiger partial charge in [-0.05, 0) is 36.4 Å². The molecule has 0 aliphatic carbocycles. The van der Waals surface area contributed by atoms with Gasteiger partial charge in [0.1, 0.15) is 0 Å². The predicted molar refractivity (Wildman–Crippen MR) is 123 cm³/mol. The Kier molecular flexibility index (Phi) is 4.03. The molecule has 5 nitrogen and oxygen atoms in total. The third-order valence-corrected chi connectivity index (χ3v) is 5.42. The summed E-state index contributed by atoms with van der Waals surface area (Å²) in [6.07, 6.45) is 3.62. The van der Waals surface area contributed by atoms with Crippen LogP contribution in [-0.4, -0.2) is 24.7 Å². The maximum atomic E-state index is 4.64. The van der Waals surface area contributed by atoms with Crippen LogP contribution in [0.2, 0.25) is 0 Å². The van der Waals surface area contributed by atoms with Gasteiger partial charge < -0.3 is 0 Å². The summed E-state index contributed by atoms with van der Waals surface area (Å²) in [6.45, 7) is 0. The Morgan fingerprint density at radius 1 is 0.484 bits per heavy atom. The molecule has 3 aromatic heterocycles. The first kappa shape index (κ1) is 17.5. The first-order valence-corrected chi connectivity index (χ1v) is 10.1. The number of pyridine rings is 2. The smallest absolute Gasteiger partial charge is 0.171 e. The van der Waals surface area contributed by atoms with E-state index in [1.807, 2.05) is 67.0 Å². The van der Waals surface area contributed by atoms with Crippen molar-refractivity contribution < 1.29 is 0 Å². The zero-order valence-corrected chi connectivity index (χ0v) is 16.6. The van der Waals surface area contributed by atoms with Gasteiger partial charge in [-0.25, -0.2) is 0 Å². The lowest BCUT2D eigenvalue weighted by atomic mass is 10.1. The van der Waals surface area contributed by atoms with Gasteiger partial charge in [0.15, 0.2) is 11.6 Å². The number of rotatable bonds is 3. The molecule has 3 heterocycles. The lowest BCUT2D eigenvalue weighted by Crippen LogP contribution is -2.01. The number of hydrogen-bond donors (Lipinski definition) is 0. The normalized spacial score (nSPS) is 11.2. The number of hydrogen-bond acceptors (Lipinski definition) is 4. The van der Waals surface area contributed by atoms with Crippen LogP contribution < -0.4 is 0 Å².